The van der Waals surface area contributed by atoms with E-state index < -0.39 is 11.5 Å². The third-order valence-electron chi connectivity index (χ3n) is 6.49. The standard InChI is InChI=1S/C27H35NO2S/c1-3-27(2,25(29)17-16-22-11-6-4-7-12-22)26(30)28-19-10-15-24(28)18-20-31-21-23-13-8-5-9-14-23/h4-9,11-14,16-17,24-25,29H,3,10,15,18-21H2,1-2H3/b17-16+/t24-,25-,27+/m0/s1. The van der Waals surface area contributed by atoms with E-state index in [4.69, 9.17) is 0 Å². The summed E-state index contributed by atoms with van der Waals surface area (Å²) in [6, 6.07) is 20.7. The number of hydrogen-bond acceptors (Lipinski definition) is 3. The molecule has 1 heterocycles. The maximum Gasteiger partial charge on any atom is 0.231 e. The average Bonchev–Trinajstić information content (AvgIpc) is 3.29. The Bertz CT molecular complexity index is 839. The summed E-state index contributed by atoms with van der Waals surface area (Å²) >= 11 is 1.93. The number of likely N-dealkylation sites (tertiary alicyclic amines) is 1. The predicted molar refractivity (Wildman–Crippen MR) is 132 cm³/mol. The van der Waals surface area contributed by atoms with Crippen molar-refractivity contribution in [2.75, 3.05) is 12.3 Å². The molecule has 3 atom stereocenters. The molecule has 1 fully saturated rings. The van der Waals surface area contributed by atoms with Crippen LogP contribution in [0.5, 0.6) is 0 Å². The summed E-state index contributed by atoms with van der Waals surface area (Å²) in [7, 11) is 0. The second-order valence-corrected chi connectivity index (χ2v) is 9.71. The molecule has 31 heavy (non-hydrogen) atoms. The highest BCUT2D eigenvalue weighted by atomic mass is 32.2. The fourth-order valence-electron chi connectivity index (χ4n) is 4.18. The van der Waals surface area contributed by atoms with Crippen LogP contribution in [-0.2, 0) is 10.5 Å². The van der Waals surface area contributed by atoms with Gasteiger partial charge in [0.05, 0.1) is 11.5 Å². The van der Waals surface area contributed by atoms with E-state index in [1.165, 1.54) is 5.56 Å². The van der Waals surface area contributed by atoms with Crippen LogP contribution >= 0.6 is 11.8 Å². The number of carbonyl (C=O) groups is 1. The number of nitrogens with zero attached hydrogens (tertiary/aromatic N) is 1. The van der Waals surface area contributed by atoms with Gasteiger partial charge in [0.25, 0.3) is 0 Å². The zero-order valence-electron chi connectivity index (χ0n) is 18.7. The normalized spacial score (nSPS) is 19.5. The van der Waals surface area contributed by atoms with Crippen LogP contribution in [0.1, 0.15) is 50.7 Å². The fraction of sp³-hybridized carbons (Fsp3) is 0.444. The molecule has 0 unspecified atom stereocenters. The smallest absolute Gasteiger partial charge is 0.231 e. The fourth-order valence-corrected chi connectivity index (χ4v) is 5.19. The maximum absolute atomic E-state index is 13.5. The number of rotatable bonds is 10. The molecular formula is C27H35NO2S. The Morgan fingerprint density at radius 3 is 2.55 bits per heavy atom. The first-order valence-corrected chi connectivity index (χ1v) is 12.5. The van der Waals surface area contributed by atoms with Crippen LogP contribution in [0.15, 0.2) is 66.7 Å². The molecule has 0 radical (unpaired) electrons. The minimum Gasteiger partial charge on any atom is -0.388 e. The SMILES string of the molecule is CC[C@@](C)(C(=O)N1CCC[C@H]1CCSCc1ccccc1)[C@@H](O)/C=C/c1ccccc1. The molecule has 3 nitrogen and oxygen atoms in total. The Hall–Kier alpha value is -2.04. The Kier molecular flexibility index (Phi) is 8.79. The molecular weight excluding hydrogens is 402 g/mol. The third-order valence-corrected chi connectivity index (χ3v) is 7.55. The molecule has 0 aliphatic carbocycles. The van der Waals surface area contributed by atoms with Gasteiger partial charge in [-0.15, -0.1) is 0 Å². The number of aliphatic hydroxyl groups excluding tert-OH is 1. The van der Waals surface area contributed by atoms with Crippen molar-refractivity contribution >= 4 is 23.7 Å². The van der Waals surface area contributed by atoms with Gasteiger partial charge in [0.1, 0.15) is 0 Å². The van der Waals surface area contributed by atoms with Crippen molar-refractivity contribution in [3.8, 4) is 0 Å². The van der Waals surface area contributed by atoms with Crippen molar-refractivity contribution < 1.29 is 9.90 Å². The molecule has 4 heteroatoms. The summed E-state index contributed by atoms with van der Waals surface area (Å²) in [5.74, 6) is 2.15. The summed E-state index contributed by atoms with van der Waals surface area (Å²) in [4.78, 5) is 15.6. The van der Waals surface area contributed by atoms with E-state index in [0.29, 0.717) is 6.42 Å². The topological polar surface area (TPSA) is 40.5 Å². The lowest BCUT2D eigenvalue weighted by molar-refractivity contribution is -0.147. The molecule has 0 spiro atoms. The van der Waals surface area contributed by atoms with E-state index in [1.54, 1.807) is 6.08 Å². The van der Waals surface area contributed by atoms with E-state index in [0.717, 1.165) is 42.9 Å². The van der Waals surface area contributed by atoms with Gasteiger partial charge in [0.15, 0.2) is 0 Å². The van der Waals surface area contributed by atoms with Crippen LogP contribution in [0, 0.1) is 5.41 Å². The minimum absolute atomic E-state index is 0.0933. The quantitative estimate of drug-likeness (QED) is 0.478. The van der Waals surface area contributed by atoms with Crippen molar-refractivity contribution in [3.63, 3.8) is 0 Å². The van der Waals surface area contributed by atoms with Gasteiger partial charge in [-0.1, -0.05) is 79.7 Å². The zero-order valence-corrected chi connectivity index (χ0v) is 19.6. The second-order valence-electron chi connectivity index (χ2n) is 8.61. The highest BCUT2D eigenvalue weighted by Gasteiger charge is 2.43. The van der Waals surface area contributed by atoms with Crippen molar-refractivity contribution in [3.05, 3.63) is 77.9 Å². The van der Waals surface area contributed by atoms with E-state index in [2.05, 4.69) is 24.3 Å². The third kappa shape index (κ3) is 6.24. The van der Waals surface area contributed by atoms with Crippen molar-refractivity contribution in [2.45, 2.75) is 57.4 Å². The molecule has 1 N–H and O–H groups in total. The molecule has 1 saturated heterocycles. The molecule has 0 saturated carbocycles. The summed E-state index contributed by atoms with van der Waals surface area (Å²) in [6.45, 7) is 4.71. The number of aliphatic hydroxyl groups is 1. The van der Waals surface area contributed by atoms with Crippen LogP contribution < -0.4 is 0 Å². The summed E-state index contributed by atoms with van der Waals surface area (Å²) in [6.07, 6.45) is 6.62. The maximum atomic E-state index is 13.5. The first-order chi connectivity index (χ1) is 15.0. The van der Waals surface area contributed by atoms with Gasteiger partial charge in [0.2, 0.25) is 5.91 Å². The van der Waals surface area contributed by atoms with Crippen LogP contribution in [0.2, 0.25) is 0 Å². The van der Waals surface area contributed by atoms with E-state index in [9.17, 15) is 9.90 Å². The lowest BCUT2D eigenvalue weighted by atomic mass is 9.79. The summed E-state index contributed by atoms with van der Waals surface area (Å²) in [5.41, 5.74) is 1.58. The summed E-state index contributed by atoms with van der Waals surface area (Å²) < 4.78 is 0. The largest absolute Gasteiger partial charge is 0.388 e. The molecule has 166 valence electrons. The Balaban J connectivity index is 1.57. The van der Waals surface area contributed by atoms with Gasteiger partial charge in [-0.05, 0) is 49.5 Å². The highest BCUT2D eigenvalue weighted by molar-refractivity contribution is 7.98. The van der Waals surface area contributed by atoms with Crippen LogP contribution in [0.25, 0.3) is 6.08 Å². The predicted octanol–water partition coefficient (Wildman–Crippen LogP) is 5.79. The molecule has 3 rings (SSSR count). The number of benzene rings is 2. The van der Waals surface area contributed by atoms with Crippen molar-refractivity contribution in [1.82, 2.24) is 4.90 Å². The molecule has 1 amide bonds. The monoisotopic (exact) mass is 437 g/mol. The first-order valence-electron chi connectivity index (χ1n) is 11.4. The van der Waals surface area contributed by atoms with Gasteiger partial charge >= 0.3 is 0 Å². The lowest BCUT2D eigenvalue weighted by Crippen LogP contribution is -2.49. The molecule has 0 aromatic heterocycles. The van der Waals surface area contributed by atoms with Crippen molar-refractivity contribution in [1.29, 1.82) is 0 Å². The van der Waals surface area contributed by atoms with Gasteiger partial charge < -0.3 is 10.0 Å². The van der Waals surface area contributed by atoms with Gasteiger partial charge in [-0.2, -0.15) is 11.8 Å². The lowest BCUT2D eigenvalue weighted by Gasteiger charge is -2.37. The van der Waals surface area contributed by atoms with E-state index in [1.807, 2.05) is 73.0 Å². The van der Waals surface area contributed by atoms with Crippen LogP contribution in [-0.4, -0.2) is 40.4 Å². The molecule has 1 aliphatic rings. The Morgan fingerprint density at radius 1 is 1.19 bits per heavy atom. The van der Waals surface area contributed by atoms with Crippen LogP contribution in [0.4, 0.5) is 0 Å². The second kappa shape index (κ2) is 11.5. The van der Waals surface area contributed by atoms with Gasteiger partial charge in [-0.3, -0.25) is 4.79 Å². The number of thioether (sulfide) groups is 1. The van der Waals surface area contributed by atoms with Crippen molar-refractivity contribution in [2.24, 2.45) is 5.41 Å². The Morgan fingerprint density at radius 2 is 1.87 bits per heavy atom. The average molecular weight is 438 g/mol. The van der Waals surface area contributed by atoms with Gasteiger partial charge in [0, 0.05) is 18.3 Å². The minimum atomic E-state index is -0.807. The number of carbonyl (C=O) groups excluding carboxylic acids is 1. The van der Waals surface area contributed by atoms with Gasteiger partial charge in [-0.25, -0.2) is 0 Å². The number of amides is 1. The highest BCUT2D eigenvalue weighted by Crippen LogP contribution is 2.34. The van der Waals surface area contributed by atoms with E-state index >= 15 is 0 Å². The molecule has 0 bridgehead atoms. The molecule has 1 aliphatic heterocycles. The molecule has 2 aromatic rings. The first kappa shape index (κ1) is 23.6. The Labute approximate surface area is 191 Å². The summed E-state index contributed by atoms with van der Waals surface area (Å²) in [5, 5.41) is 10.9. The molecule has 2 aromatic carbocycles. The number of hydrogen-bond donors (Lipinski definition) is 1. The van der Waals surface area contributed by atoms with Crippen LogP contribution in [0.3, 0.4) is 0 Å². The zero-order chi connectivity index (χ0) is 22.1. The van der Waals surface area contributed by atoms with E-state index in [-0.39, 0.29) is 11.9 Å².